The second-order valence-corrected chi connectivity index (χ2v) is 29.9. The lowest BCUT2D eigenvalue weighted by Gasteiger charge is -2.38. The Morgan fingerprint density at radius 3 is 1.41 bits per heavy atom. The zero-order valence-electron chi connectivity index (χ0n) is 61.4. The lowest BCUT2D eigenvalue weighted by atomic mass is 9.79. The summed E-state index contributed by atoms with van der Waals surface area (Å²) in [6.45, 7) is 20.8. The number of hydrogen-bond donors (Lipinski definition) is 8. The molecule has 0 aromatic rings. The molecule has 0 spiro atoms. The van der Waals surface area contributed by atoms with Gasteiger partial charge in [0.15, 0.2) is 0 Å². The molecule has 97 heavy (non-hydrogen) atoms. The van der Waals surface area contributed by atoms with Crippen molar-refractivity contribution in [2.75, 3.05) is 28.4 Å². The van der Waals surface area contributed by atoms with E-state index < -0.39 is 127 Å². The van der Waals surface area contributed by atoms with Crippen molar-refractivity contribution < 1.29 is 97.8 Å². The zero-order valence-corrected chi connectivity index (χ0v) is 61.4. The molecule has 20 nitrogen and oxygen atoms in total. The first kappa shape index (κ1) is 84.4. The maximum Gasteiger partial charge on any atom is 0.331 e. The predicted molar refractivity (Wildman–Crippen MR) is 373 cm³/mol. The first-order valence-corrected chi connectivity index (χ1v) is 36.6. The Balaban J connectivity index is 1.35. The van der Waals surface area contributed by atoms with Crippen LogP contribution in [0, 0.1) is 41.4 Å². The van der Waals surface area contributed by atoms with Crippen molar-refractivity contribution in [2.45, 2.75) is 332 Å². The van der Waals surface area contributed by atoms with E-state index in [2.05, 4.69) is 0 Å². The van der Waals surface area contributed by atoms with Crippen LogP contribution in [-0.4, -0.2) is 216 Å². The van der Waals surface area contributed by atoms with Gasteiger partial charge >= 0.3 is 11.9 Å². The average Bonchev–Trinajstić information content (AvgIpc) is 1.22. The molecule has 5 heterocycles. The topological polar surface area (TPSA) is 288 Å². The summed E-state index contributed by atoms with van der Waals surface area (Å²) in [7, 11) is 6.58. The highest BCUT2D eigenvalue weighted by molar-refractivity contribution is 5.83. The fourth-order valence-electron chi connectivity index (χ4n) is 15.0. The van der Waals surface area contributed by atoms with Crippen LogP contribution < -0.4 is 0 Å². The van der Waals surface area contributed by atoms with Crippen molar-refractivity contribution in [3.8, 4) is 0 Å². The van der Waals surface area contributed by atoms with Crippen molar-refractivity contribution in [3.05, 3.63) is 71.9 Å². The number of ether oxygens (including phenoxy) is 10. The molecule has 7 unspecified atom stereocenters. The maximum atomic E-state index is 13.8. The van der Waals surface area contributed by atoms with Gasteiger partial charge in [-0.2, -0.15) is 0 Å². The molecule has 5 aliphatic rings. The van der Waals surface area contributed by atoms with Gasteiger partial charge < -0.3 is 88.2 Å². The molecule has 29 atom stereocenters. The highest BCUT2D eigenvalue weighted by Gasteiger charge is 2.41. The number of esters is 2. The monoisotopic (exact) mass is 1370 g/mol. The molecule has 5 rings (SSSR count). The van der Waals surface area contributed by atoms with E-state index in [1.54, 1.807) is 47.5 Å². The molecule has 0 amide bonds. The fraction of sp³-hybridized carbons (Fsp3) is 0.818. The molecule has 0 aliphatic carbocycles. The van der Waals surface area contributed by atoms with E-state index in [9.17, 15) is 50.4 Å². The minimum absolute atomic E-state index is 0.0252. The largest absolute Gasteiger partial charge is 0.459 e. The molecule has 20 heteroatoms. The molecule has 558 valence electrons. The minimum atomic E-state index is -1.14. The lowest BCUT2D eigenvalue weighted by Crippen LogP contribution is -2.45. The number of aliphatic hydroxyl groups excluding tert-OH is 8. The van der Waals surface area contributed by atoms with Crippen LogP contribution in [0.5, 0.6) is 0 Å². The molecule has 8 N–H and O–H groups in total. The zero-order chi connectivity index (χ0) is 71.6. The Labute approximate surface area is 581 Å². The third-order valence-electron chi connectivity index (χ3n) is 21.8. The number of aliphatic hydroxyl groups is 8. The average molecular weight is 1380 g/mol. The van der Waals surface area contributed by atoms with Crippen molar-refractivity contribution in [3.63, 3.8) is 0 Å². The molecule has 0 aromatic carbocycles. The van der Waals surface area contributed by atoms with Gasteiger partial charge in [-0.3, -0.25) is 0 Å². The number of carbonyl (C=O) groups is 2. The van der Waals surface area contributed by atoms with Gasteiger partial charge in [-0.1, -0.05) is 108 Å². The summed E-state index contributed by atoms with van der Waals surface area (Å²) in [6.07, 6.45) is 14.4. The molecule has 0 saturated carbocycles. The van der Waals surface area contributed by atoms with Crippen LogP contribution in [0.1, 0.15) is 198 Å². The van der Waals surface area contributed by atoms with Gasteiger partial charge in [0.1, 0.15) is 12.2 Å². The lowest BCUT2D eigenvalue weighted by molar-refractivity contribution is -0.155. The van der Waals surface area contributed by atoms with Gasteiger partial charge in [0.05, 0.1) is 122 Å². The Bertz CT molecular complexity index is 2450. The quantitative estimate of drug-likeness (QED) is 0.0593. The van der Waals surface area contributed by atoms with Crippen LogP contribution >= 0.6 is 0 Å². The number of fused-ring (bicyclic) bond motifs is 4. The van der Waals surface area contributed by atoms with Crippen LogP contribution in [-0.2, 0) is 57.0 Å². The number of methoxy groups -OCH3 is 4. The van der Waals surface area contributed by atoms with Crippen molar-refractivity contribution in [1.29, 1.82) is 0 Å². The number of allylic oxidation sites excluding steroid dienone is 4. The molecule has 4 bridgehead atoms. The van der Waals surface area contributed by atoms with Crippen LogP contribution in [0.25, 0.3) is 0 Å². The van der Waals surface area contributed by atoms with Crippen LogP contribution in [0.15, 0.2) is 71.9 Å². The summed E-state index contributed by atoms with van der Waals surface area (Å²) in [5.41, 5.74) is 1.42. The van der Waals surface area contributed by atoms with Gasteiger partial charge in [-0.15, -0.1) is 0 Å². The van der Waals surface area contributed by atoms with Gasteiger partial charge in [0.25, 0.3) is 0 Å². The van der Waals surface area contributed by atoms with Gasteiger partial charge in [0, 0.05) is 102 Å². The van der Waals surface area contributed by atoms with E-state index in [1.165, 1.54) is 12.2 Å². The molecule has 0 aromatic heterocycles. The van der Waals surface area contributed by atoms with Gasteiger partial charge in [-0.05, 0) is 129 Å². The van der Waals surface area contributed by atoms with Crippen molar-refractivity contribution in [2.24, 2.45) is 41.4 Å². The van der Waals surface area contributed by atoms with Crippen LogP contribution in [0.3, 0.4) is 0 Å². The number of carbonyl (C=O) groups excluding carboxylic acids is 2. The van der Waals surface area contributed by atoms with E-state index in [-0.39, 0.29) is 92.8 Å². The number of rotatable bonds is 14. The molecule has 2 fully saturated rings. The molecule has 5 aliphatic heterocycles. The summed E-state index contributed by atoms with van der Waals surface area (Å²) in [4.78, 5) is 27.6. The van der Waals surface area contributed by atoms with Gasteiger partial charge in [0.2, 0.25) is 0 Å². The summed E-state index contributed by atoms with van der Waals surface area (Å²) in [5, 5.41) is 93.5. The number of hydrogen-bond acceptors (Lipinski definition) is 20. The van der Waals surface area contributed by atoms with E-state index in [4.69, 9.17) is 47.4 Å². The second kappa shape index (κ2) is 43.0. The smallest absolute Gasteiger partial charge is 0.331 e. The number of cyclic esters (lactones) is 2. The normalized spacial score (nSPS) is 41.7. The molecule has 0 radical (unpaired) electrons. The van der Waals surface area contributed by atoms with E-state index in [0.717, 1.165) is 31.3 Å². The van der Waals surface area contributed by atoms with E-state index >= 15 is 0 Å². The summed E-state index contributed by atoms with van der Waals surface area (Å²) < 4.78 is 61.2. The van der Waals surface area contributed by atoms with Crippen molar-refractivity contribution >= 4 is 11.9 Å². The van der Waals surface area contributed by atoms with E-state index in [0.29, 0.717) is 69.8 Å². The van der Waals surface area contributed by atoms with E-state index in [1.807, 2.05) is 106 Å². The predicted octanol–water partition coefficient (Wildman–Crippen LogP) is 9.86. The summed E-state index contributed by atoms with van der Waals surface area (Å²) >= 11 is 0. The van der Waals surface area contributed by atoms with Gasteiger partial charge in [-0.25, -0.2) is 9.59 Å². The SMILES string of the molecule is CO[C@H]1CC(CC[C@H](C)[C@H](O)[C@H](C)C2C[C@H](O)C[C@@H](O)[C@H](C)[C@H](OC)CC3CC=CC(C[C@@H](O)C/C=C(C)/C=C/C(=O)O[C@@H]([C@@H](C)CCC4C[C@H](OC)C[C@H](C)O4)[C@@H](C)[C@@H](O)[C@H](C)[C@H](O)C[C@H](O)[C@@H](C)[C@H](OC)CC4CC=CC(C[C@H](O)C/C=C(C)/C=C/C(=O)O2)O4)O3)O[C@@H](C)C1. The fourth-order valence-corrected chi connectivity index (χ4v) is 15.0. The Morgan fingerprint density at radius 1 is 0.485 bits per heavy atom. The highest BCUT2D eigenvalue weighted by atomic mass is 16.6. The minimum Gasteiger partial charge on any atom is -0.459 e. The summed E-state index contributed by atoms with van der Waals surface area (Å²) in [5.74, 6) is -4.63. The van der Waals surface area contributed by atoms with Crippen molar-refractivity contribution in [1.82, 2.24) is 0 Å². The second-order valence-electron chi connectivity index (χ2n) is 29.9. The third kappa shape index (κ3) is 28.8. The first-order chi connectivity index (χ1) is 46.0. The standard InChI is InChI=1S/C77H130O20/c1-45-22-28-56(78)36-60-19-17-21-62(95-60)43-71(91-15)52(8)68(82)44-69(83)53(9)76(87)55(11)77(48(4)27-31-64-41-66(89-13)35-50(6)93-64)97-74(85)33-25-46(2)23-29-57(79)37-59-18-16-20-61(94-59)42-70(90-14)51(7)67(81)38-58(80)39-72(96-73(84)32-24-45)54(10)75(86)47(3)26-30-63-40-65(88-12)34-49(5)92-63/h16-19,22-25,32-33,47-72,75-83,86-87H,20-21,26-31,34-44H2,1-15H3/b32-24+,33-25+,45-22+,46-23+/t47-,48-,49-,50-,51-,52+,53+,54+,55-,56+,57-,58+,59?,60?,61?,62?,63?,64?,65+,66+,67+,68-,69+,70+,71+,72?,75-,76-,77-/m0/s1. The third-order valence-corrected chi connectivity index (χ3v) is 21.8. The van der Waals surface area contributed by atoms with Crippen LogP contribution in [0.2, 0.25) is 0 Å². The summed E-state index contributed by atoms with van der Waals surface area (Å²) in [6, 6.07) is 0. The Hall–Kier alpha value is -3.26. The van der Waals surface area contributed by atoms with Crippen LogP contribution in [0.4, 0.5) is 0 Å². The molecule has 2 saturated heterocycles. The maximum absolute atomic E-state index is 13.8. The Morgan fingerprint density at radius 2 is 0.938 bits per heavy atom. The molecular weight excluding hydrogens is 1240 g/mol. The highest BCUT2D eigenvalue weighted by Crippen LogP contribution is 2.36. The first-order valence-electron chi connectivity index (χ1n) is 36.6. The Kier molecular flexibility index (Phi) is 37.4. The molecular formula is C77H130O20.